The predicted molar refractivity (Wildman–Crippen MR) is 409 cm³/mol. The smallest absolute Gasteiger partial charge is 0.165 e. The molecule has 100 heavy (non-hydrogen) atoms. The van der Waals surface area contributed by atoms with E-state index in [4.69, 9.17) is 44.3 Å². The van der Waals surface area contributed by atoms with E-state index in [-0.39, 0.29) is 5.41 Å². The van der Waals surface area contributed by atoms with Crippen LogP contribution in [0.15, 0.2) is 320 Å². The standard InChI is InChI=1S/C47H32N4.C44H26N4O/c1-47(2)39-16-10-9-15-38(39)43-37-23-19-29-17-18-32-27-33(20-22-35(32)42(29)36(37)24-25-40(43)47)41-26-21-34(28-48-41)46-50-44(30-11-5-3-6-12-30)49-45(51-46)31-13-7-4-8-14-31;1-3-11-27(12-4-1)42-46-43(28-13-5-2-6-14-28)48-44(47-42)31-21-24-37(45-26-31)30-20-22-32-29(25-30)19-23-36-39(32)33-15-7-8-16-34(33)40-35-17-9-10-18-38(35)49-41(36)40/h3-28H,1-2H3;1-26H. The summed E-state index contributed by atoms with van der Waals surface area (Å²) in [5.41, 5.74) is 16.6. The van der Waals surface area contributed by atoms with Gasteiger partial charge in [-0.25, -0.2) is 29.9 Å². The van der Waals surface area contributed by atoms with Gasteiger partial charge in [-0.05, 0) is 125 Å². The number of hydrogen-bond acceptors (Lipinski definition) is 9. The minimum Gasteiger partial charge on any atom is -0.455 e. The van der Waals surface area contributed by atoms with E-state index in [0.717, 1.165) is 83.2 Å². The molecule has 9 nitrogen and oxygen atoms in total. The van der Waals surface area contributed by atoms with Crippen LogP contribution in [0.2, 0.25) is 0 Å². The van der Waals surface area contributed by atoms with Gasteiger partial charge >= 0.3 is 0 Å². The second kappa shape index (κ2) is 23.5. The van der Waals surface area contributed by atoms with Crippen LogP contribution in [0.5, 0.6) is 0 Å². The quantitative estimate of drug-likeness (QED) is 0.137. The first-order valence-corrected chi connectivity index (χ1v) is 33.7. The summed E-state index contributed by atoms with van der Waals surface area (Å²) in [6, 6.07) is 106. The van der Waals surface area contributed by atoms with Gasteiger partial charge in [0, 0.05) is 83.9 Å². The Hall–Kier alpha value is -13.2. The Labute approximate surface area is 575 Å². The molecule has 20 rings (SSSR count). The van der Waals surface area contributed by atoms with Crippen molar-refractivity contribution in [3.63, 3.8) is 0 Å². The summed E-state index contributed by atoms with van der Waals surface area (Å²) >= 11 is 0. The highest BCUT2D eigenvalue weighted by atomic mass is 16.3. The molecule has 1 aliphatic carbocycles. The highest BCUT2D eigenvalue weighted by Crippen LogP contribution is 2.52. The monoisotopic (exact) mass is 1280 g/mol. The van der Waals surface area contributed by atoms with Gasteiger partial charge in [-0.3, -0.25) is 9.97 Å². The number of benzene rings is 14. The number of nitrogens with zero attached hydrogens (tertiary/aromatic N) is 8. The number of aromatic nitrogens is 8. The molecule has 0 atom stereocenters. The first-order chi connectivity index (χ1) is 49.3. The molecule has 0 unspecified atom stereocenters. The van der Waals surface area contributed by atoms with Gasteiger partial charge in [0.05, 0.1) is 11.4 Å². The van der Waals surface area contributed by atoms with Gasteiger partial charge in [-0.15, -0.1) is 0 Å². The number of hydrogen-bond donors (Lipinski definition) is 0. The highest BCUT2D eigenvalue weighted by Gasteiger charge is 2.36. The molecule has 0 saturated carbocycles. The first kappa shape index (κ1) is 58.1. The maximum atomic E-state index is 6.50. The lowest BCUT2D eigenvalue weighted by Gasteiger charge is -2.21. The van der Waals surface area contributed by atoms with Crippen molar-refractivity contribution in [1.82, 2.24) is 39.9 Å². The summed E-state index contributed by atoms with van der Waals surface area (Å²) in [6.45, 7) is 4.69. The summed E-state index contributed by atoms with van der Waals surface area (Å²) in [4.78, 5) is 38.9. The second-order valence-electron chi connectivity index (χ2n) is 26.1. The van der Waals surface area contributed by atoms with E-state index in [9.17, 15) is 0 Å². The maximum Gasteiger partial charge on any atom is 0.165 e. The van der Waals surface area contributed by atoms with Crippen molar-refractivity contribution in [2.45, 2.75) is 19.3 Å². The summed E-state index contributed by atoms with van der Waals surface area (Å²) < 4.78 is 6.50. The highest BCUT2D eigenvalue weighted by molar-refractivity contribution is 6.34. The number of furan rings is 1. The van der Waals surface area contributed by atoms with E-state index in [1.807, 2.05) is 158 Å². The third-order valence-corrected chi connectivity index (χ3v) is 19.9. The Balaban J connectivity index is 0.000000139. The van der Waals surface area contributed by atoms with Crippen molar-refractivity contribution in [1.29, 1.82) is 0 Å². The van der Waals surface area contributed by atoms with Crippen LogP contribution in [-0.4, -0.2) is 39.9 Å². The number of fused-ring (bicyclic) bond motifs is 19. The third-order valence-electron chi connectivity index (χ3n) is 19.9. The molecule has 0 saturated heterocycles. The van der Waals surface area contributed by atoms with E-state index in [1.54, 1.807) is 0 Å². The molecule has 1 aliphatic rings. The maximum absolute atomic E-state index is 6.50. The van der Waals surface area contributed by atoms with Gasteiger partial charge in [0.25, 0.3) is 0 Å². The molecule has 14 aromatic carbocycles. The predicted octanol–water partition coefficient (Wildman–Crippen LogP) is 23.0. The normalized spacial score (nSPS) is 12.4. The van der Waals surface area contributed by atoms with Crippen LogP contribution in [0.3, 0.4) is 0 Å². The van der Waals surface area contributed by atoms with Gasteiger partial charge in [0.2, 0.25) is 0 Å². The first-order valence-electron chi connectivity index (χ1n) is 33.7. The molecule has 0 spiro atoms. The second-order valence-corrected chi connectivity index (χ2v) is 26.1. The molecular formula is C91H58N8O. The third kappa shape index (κ3) is 9.85. The molecule has 0 radical (unpaired) electrons. The minimum absolute atomic E-state index is 0.0246. The lowest BCUT2D eigenvalue weighted by molar-refractivity contribution is 0.661. The molecule has 0 aliphatic heterocycles. The zero-order valence-electron chi connectivity index (χ0n) is 54.5. The molecular weight excluding hydrogens is 1220 g/mol. The van der Waals surface area contributed by atoms with Crippen LogP contribution in [0.1, 0.15) is 25.0 Å². The van der Waals surface area contributed by atoms with Crippen molar-refractivity contribution in [2.75, 3.05) is 0 Å². The number of rotatable bonds is 8. The molecule has 5 aromatic heterocycles. The van der Waals surface area contributed by atoms with Gasteiger partial charge < -0.3 is 4.42 Å². The largest absolute Gasteiger partial charge is 0.455 e. The van der Waals surface area contributed by atoms with Crippen molar-refractivity contribution in [3.05, 3.63) is 327 Å². The van der Waals surface area contributed by atoms with E-state index in [2.05, 4.69) is 172 Å². The molecule has 5 heterocycles. The lowest BCUT2D eigenvalue weighted by Crippen LogP contribution is -2.14. The van der Waals surface area contributed by atoms with Gasteiger partial charge in [-0.2, -0.15) is 0 Å². The molecule has 0 bridgehead atoms. The molecule has 468 valence electrons. The van der Waals surface area contributed by atoms with E-state index in [1.165, 1.54) is 81.5 Å². The fourth-order valence-electron chi connectivity index (χ4n) is 15.0. The van der Waals surface area contributed by atoms with Crippen molar-refractivity contribution in [3.8, 4) is 102 Å². The van der Waals surface area contributed by atoms with Crippen molar-refractivity contribution < 1.29 is 4.42 Å². The van der Waals surface area contributed by atoms with E-state index < -0.39 is 0 Å². The van der Waals surface area contributed by atoms with Gasteiger partial charge in [-0.1, -0.05) is 269 Å². The molecule has 9 heteroatoms. The zero-order valence-corrected chi connectivity index (χ0v) is 54.5. The number of para-hydroxylation sites is 1. The van der Waals surface area contributed by atoms with Crippen molar-refractivity contribution >= 4 is 86.6 Å². The Morgan fingerprint density at radius 2 is 0.650 bits per heavy atom. The summed E-state index contributed by atoms with van der Waals surface area (Å²) in [6.07, 6.45) is 3.72. The van der Waals surface area contributed by atoms with Crippen LogP contribution >= 0.6 is 0 Å². The summed E-state index contributed by atoms with van der Waals surface area (Å²) in [5, 5.41) is 17.0. The Kier molecular flexibility index (Phi) is 13.7. The van der Waals surface area contributed by atoms with Crippen LogP contribution in [-0.2, 0) is 5.41 Å². The summed E-state index contributed by atoms with van der Waals surface area (Å²) in [5.74, 6) is 3.70. The van der Waals surface area contributed by atoms with Crippen LogP contribution in [0.4, 0.5) is 0 Å². The van der Waals surface area contributed by atoms with Gasteiger partial charge in [0.1, 0.15) is 11.2 Å². The fourth-order valence-corrected chi connectivity index (χ4v) is 15.0. The molecule has 0 amide bonds. The minimum atomic E-state index is -0.0246. The topological polar surface area (TPSA) is 116 Å². The fraction of sp³-hybridized carbons (Fsp3) is 0.0330. The van der Waals surface area contributed by atoms with Crippen LogP contribution in [0, 0.1) is 0 Å². The SMILES string of the molecule is CC1(C)c2ccccc2-c2c1ccc1c2ccc2ccc3cc(-c4ccc(-c5nc(-c6ccccc6)nc(-c6ccccc6)n5)cn4)ccc3c21.c1ccc(-c2nc(-c3ccccc3)nc(-c3ccc(-c4ccc5c(ccc6c7oc8ccccc8c7c7ccccc7c56)c4)nc3)n2)cc1. The summed E-state index contributed by atoms with van der Waals surface area (Å²) in [7, 11) is 0. The Morgan fingerprint density at radius 1 is 0.260 bits per heavy atom. The average Bonchev–Trinajstić information content (AvgIpc) is 1.56. The van der Waals surface area contributed by atoms with Crippen molar-refractivity contribution in [2.24, 2.45) is 0 Å². The van der Waals surface area contributed by atoms with Gasteiger partial charge in [0.15, 0.2) is 34.9 Å². The van der Waals surface area contributed by atoms with Crippen LogP contribution in [0.25, 0.3) is 189 Å². The number of pyridine rings is 2. The molecule has 0 N–H and O–H groups in total. The van der Waals surface area contributed by atoms with Crippen LogP contribution < -0.4 is 0 Å². The molecule has 0 fully saturated rings. The lowest BCUT2D eigenvalue weighted by atomic mass is 9.82. The molecule has 19 aromatic rings. The Morgan fingerprint density at radius 3 is 1.18 bits per heavy atom. The Bertz CT molecular complexity index is 6350. The zero-order chi connectivity index (χ0) is 66.4. The average molecular weight is 1280 g/mol. The van der Waals surface area contributed by atoms with E-state index in [0.29, 0.717) is 34.9 Å². The van der Waals surface area contributed by atoms with E-state index >= 15 is 0 Å².